The molecule has 5 unspecified atom stereocenters. The lowest BCUT2D eigenvalue weighted by Crippen LogP contribution is -2.64. The molecule has 9 N–H and O–H groups in total. The first-order valence-corrected chi connectivity index (χ1v) is 28.3. The SMILES string of the molecule is CC/C=C\C[C@@H](O)/C=C/C=C\C/C=C\C=C\[C@@H](O)/C=C\CCCC(=O)OC[C@H](COP(=O)(O)O[C@H]1C(O)C(O)C(O)[C@@H](OP(=O)(O)O)C1O)OC(=O)CCCCC/C=C\C/C=C\C/C=C\C/C=C\CCCCC. The molecule has 1 rings (SSSR count). The number of aliphatic hydroxyl groups excluding tert-OH is 6. The van der Waals surface area contributed by atoms with Gasteiger partial charge in [0.2, 0.25) is 0 Å². The first-order valence-electron chi connectivity index (χ1n) is 25.3. The molecule has 0 radical (unpaired) electrons. The minimum Gasteiger partial charge on any atom is -0.462 e. The Bertz CT molecular complexity index is 1900. The van der Waals surface area contributed by atoms with E-state index in [9.17, 15) is 64.0 Å². The quantitative estimate of drug-likeness (QED) is 0.00918. The molecule has 1 saturated carbocycles. The Morgan fingerprint density at radius 2 is 1.08 bits per heavy atom. The third-order valence-electron chi connectivity index (χ3n) is 10.7. The van der Waals surface area contributed by atoms with Crippen molar-refractivity contribution in [3.8, 4) is 0 Å². The average Bonchev–Trinajstić information content (AvgIpc) is 3.34. The number of aliphatic hydroxyl groups is 6. The fraction of sp³-hybridized carbons (Fsp3) is 0.585. The van der Waals surface area contributed by atoms with Crippen LogP contribution >= 0.6 is 15.6 Å². The average molecular weight is 1070 g/mol. The summed E-state index contributed by atoms with van der Waals surface area (Å²) in [5.74, 6) is -1.44. The predicted octanol–water partition coefficient (Wildman–Crippen LogP) is 8.22. The third-order valence-corrected chi connectivity index (χ3v) is 12.2. The van der Waals surface area contributed by atoms with E-state index in [-0.39, 0.29) is 12.8 Å². The molecule has 10 atom stereocenters. The number of allylic oxidation sites excluding steroid dienone is 16. The topological polar surface area (TPSA) is 296 Å². The summed E-state index contributed by atoms with van der Waals surface area (Å²) in [5, 5.41) is 61.4. The summed E-state index contributed by atoms with van der Waals surface area (Å²) in [7, 11) is -10.8. The molecule has 0 spiro atoms. The molecule has 1 fully saturated rings. The molecule has 18 nitrogen and oxygen atoms in total. The molecule has 73 heavy (non-hydrogen) atoms. The van der Waals surface area contributed by atoms with Gasteiger partial charge in [0.25, 0.3) is 0 Å². The van der Waals surface area contributed by atoms with Crippen LogP contribution in [0.15, 0.2) is 122 Å². The van der Waals surface area contributed by atoms with Crippen LogP contribution in [-0.4, -0.2) is 125 Å². The van der Waals surface area contributed by atoms with Crippen LogP contribution in [0.3, 0.4) is 0 Å². The zero-order valence-electron chi connectivity index (χ0n) is 42.5. The standard InChI is InChI=1S/C53H84O18P2/c1-3-5-7-8-9-10-11-12-13-14-15-16-17-18-19-20-24-27-33-40-47(57)69-45(42-68-73(65,66)71-53-50(60)48(58)49(59)52(51(53)61)70-72(62,63)64)41-67-46(56)39-34-28-32-38-44(55)37-31-26-23-21-22-25-30-36-43(54)35-29-6-4-2/h6,9-10,12-13,15-16,18-19,22-23,25-26,29-32,36-38,43-45,48-55,58-61H,3-5,7-8,11,14,17,20-21,24,27-28,33-35,39-42H2,1-2H3,(H,65,66)(H2,62,63,64)/b10-9-,13-12-,16-15-,19-18-,25-22-,26-23-,29-6-,36-30+,37-31+,38-32-/t43-,44-,45-,48?,49?,50?,51?,52-,53+/m1/s1. The Hall–Kier alpha value is -3.68. The number of hydrogen-bond acceptors (Lipinski definition) is 15. The van der Waals surface area contributed by atoms with E-state index in [0.29, 0.717) is 38.5 Å². The van der Waals surface area contributed by atoms with Crippen molar-refractivity contribution >= 4 is 27.6 Å². The maximum absolute atomic E-state index is 13.0. The van der Waals surface area contributed by atoms with E-state index in [4.69, 9.17) is 18.5 Å². The van der Waals surface area contributed by atoms with Crippen molar-refractivity contribution in [3.05, 3.63) is 122 Å². The Labute approximate surface area is 432 Å². The molecule has 0 amide bonds. The number of rotatable bonds is 40. The minimum atomic E-state index is -5.40. The van der Waals surface area contributed by atoms with Gasteiger partial charge in [-0.25, -0.2) is 9.13 Å². The van der Waals surface area contributed by atoms with Gasteiger partial charge in [0.15, 0.2) is 6.10 Å². The van der Waals surface area contributed by atoms with Gasteiger partial charge >= 0.3 is 27.6 Å². The van der Waals surface area contributed by atoms with Gasteiger partial charge in [-0.1, -0.05) is 155 Å². The largest absolute Gasteiger partial charge is 0.472 e. The first-order chi connectivity index (χ1) is 34.9. The number of esters is 2. The molecule has 0 heterocycles. The highest BCUT2D eigenvalue weighted by Crippen LogP contribution is 2.49. The highest BCUT2D eigenvalue weighted by Gasteiger charge is 2.54. The van der Waals surface area contributed by atoms with Gasteiger partial charge in [-0.15, -0.1) is 0 Å². The molecular weight excluding hydrogens is 987 g/mol. The van der Waals surface area contributed by atoms with Crippen LogP contribution in [0.2, 0.25) is 0 Å². The molecule has 414 valence electrons. The van der Waals surface area contributed by atoms with Crippen molar-refractivity contribution in [2.45, 2.75) is 184 Å². The molecule has 0 aromatic rings. The molecule has 0 aromatic carbocycles. The molecule has 1 aliphatic carbocycles. The lowest BCUT2D eigenvalue weighted by Gasteiger charge is -2.43. The Morgan fingerprint density at radius 3 is 1.68 bits per heavy atom. The fourth-order valence-electron chi connectivity index (χ4n) is 6.75. The van der Waals surface area contributed by atoms with Crippen molar-refractivity contribution in [1.29, 1.82) is 0 Å². The number of phosphoric acid groups is 2. The van der Waals surface area contributed by atoms with Gasteiger partial charge in [-0.05, 0) is 83.5 Å². The van der Waals surface area contributed by atoms with Crippen LogP contribution in [-0.2, 0) is 41.8 Å². The lowest BCUT2D eigenvalue weighted by atomic mass is 9.85. The lowest BCUT2D eigenvalue weighted by molar-refractivity contribution is -0.216. The van der Waals surface area contributed by atoms with Gasteiger partial charge in [0.05, 0.1) is 18.8 Å². The van der Waals surface area contributed by atoms with E-state index in [0.717, 1.165) is 44.9 Å². The van der Waals surface area contributed by atoms with Crippen molar-refractivity contribution < 1.29 is 87.1 Å². The Balaban J connectivity index is 2.70. The van der Waals surface area contributed by atoms with Gasteiger partial charge in [-0.3, -0.25) is 23.2 Å². The Morgan fingerprint density at radius 1 is 0.534 bits per heavy atom. The molecule has 0 bridgehead atoms. The Kier molecular flexibility index (Phi) is 38.3. The number of phosphoric ester groups is 2. The maximum Gasteiger partial charge on any atom is 0.472 e. The van der Waals surface area contributed by atoms with E-state index in [1.54, 1.807) is 42.5 Å². The number of ether oxygens (including phenoxy) is 2. The minimum absolute atomic E-state index is 0.0446. The van der Waals surface area contributed by atoms with E-state index in [1.807, 2.05) is 37.3 Å². The van der Waals surface area contributed by atoms with Crippen LogP contribution in [0.5, 0.6) is 0 Å². The normalized spacial score (nSPS) is 22.5. The van der Waals surface area contributed by atoms with Crippen LogP contribution < -0.4 is 0 Å². The summed E-state index contributed by atoms with van der Waals surface area (Å²) in [6.07, 6.45) is 34.9. The van der Waals surface area contributed by atoms with Crippen LogP contribution in [0.25, 0.3) is 0 Å². The van der Waals surface area contributed by atoms with E-state index in [1.165, 1.54) is 19.3 Å². The number of unbranched alkanes of at least 4 members (excludes halogenated alkanes) is 7. The van der Waals surface area contributed by atoms with E-state index < -0.39 is 95.7 Å². The molecule has 0 aromatic heterocycles. The second-order valence-corrected chi connectivity index (χ2v) is 19.8. The van der Waals surface area contributed by atoms with Gasteiger partial charge in [-0.2, -0.15) is 0 Å². The monoisotopic (exact) mass is 1070 g/mol. The summed E-state index contributed by atoms with van der Waals surface area (Å²) in [6.45, 7) is 2.70. The van der Waals surface area contributed by atoms with Crippen LogP contribution in [0.1, 0.15) is 129 Å². The second kappa shape index (κ2) is 41.6. The molecule has 1 aliphatic rings. The van der Waals surface area contributed by atoms with Gasteiger partial charge < -0.3 is 54.8 Å². The molecule has 20 heteroatoms. The third kappa shape index (κ3) is 36.0. The van der Waals surface area contributed by atoms with Gasteiger partial charge in [0, 0.05) is 12.8 Å². The zero-order valence-corrected chi connectivity index (χ0v) is 44.3. The van der Waals surface area contributed by atoms with E-state index >= 15 is 0 Å². The van der Waals surface area contributed by atoms with Crippen LogP contribution in [0, 0.1) is 0 Å². The highest BCUT2D eigenvalue weighted by atomic mass is 31.2. The number of carbonyl (C=O) groups excluding carboxylic acids is 2. The smallest absolute Gasteiger partial charge is 0.462 e. The molecule has 0 aliphatic heterocycles. The first kappa shape index (κ1) is 67.3. The van der Waals surface area contributed by atoms with Crippen molar-refractivity contribution in [3.63, 3.8) is 0 Å². The maximum atomic E-state index is 13.0. The van der Waals surface area contributed by atoms with Gasteiger partial charge in [0.1, 0.15) is 43.2 Å². The molecular formula is C53H84O18P2. The number of hydrogen-bond donors (Lipinski definition) is 9. The summed E-state index contributed by atoms with van der Waals surface area (Å²) in [5.41, 5.74) is 0. The van der Waals surface area contributed by atoms with Crippen LogP contribution in [0.4, 0.5) is 0 Å². The summed E-state index contributed by atoms with van der Waals surface area (Å²) in [6, 6.07) is 0. The highest BCUT2D eigenvalue weighted by molar-refractivity contribution is 7.47. The summed E-state index contributed by atoms with van der Waals surface area (Å²) < 4.78 is 49.3. The summed E-state index contributed by atoms with van der Waals surface area (Å²) >= 11 is 0. The fourth-order valence-corrected chi connectivity index (χ4v) is 8.29. The second-order valence-electron chi connectivity index (χ2n) is 17.2. The van der Waals surface area contributed by atoms with Crippen molar-refractivity contribution in [2.24, 2.45) is 0 Å². The zero-order chi connectivity index (χ0) is 54.2. The predicted molar refractivity (Wildman–Crippen MR) is 280 cm³/mol. The summed E-state index contributed by atoms with van der Waals surface area (Å²) in [4.78, 5) is 54.4. The molecule has 0 saturated heterocycles. The number of carbonyl (C=O) groups is 2. The van der Waals surface area contributed by atoms with E-state index in [2.05, 4.69) is 60.1 Å². The van der Waals surface area contributed by atoms with Crippen molar-refractivity contribution in [1.82, 2.24) is 0 Å². The van der Waals surface area contributed by atoms with Crippen molar-refractivity contribution in [2.75, 3.05) is 13.2 Å².